The molecule has 0 spiro atoms. The van der Waals surface area contributed by atoms with Crippen molar-refractivity contribution in [2.24, 2.45) is 0 Å². The number of nitrogens with zero attached hydrogens (tertiary/aromatic N) is 4. The fourth-order valence-corrected chi connectivity index (χ4v) is 11.5. The van der Waals surface area contributed by atoms with Gasteiger partial charge in [0.05, 0.1) is 37.6 Å². The molecule has 4 unspecified atom stereocenters. The predicted molar refractivity (Wildman–Crippen MR) is 321 cm³/mol. The molecule has 1 saturated heterocycles. The number of rotatable bonds is 54. The Labute approximate surface area is 492 Å². The molecule has 0 aromatic heterocycles. The van der Waals surface area contributed by atoms with Crippen LogP contribution in [0.1, 0.15) is 208 Å². The van der Waals surface area contributed by atoms with Crippen molar-refractivity contribution in [2.75, 3.05) is 110 Å². The third-order valence-corrected chi connectivity index (χ3v) is 17.0. The minimum atomic E-state index is -0.726. The Kier molecular flexibility index (Phi) is 48.5. The van der Waals surface area contributed by atoms with Gasteiger partial charge in [-0.15, -0.1) is 0 Å². The zero-order valence-electron chi connectivity index (χ0n) is 50.8. The van der Waals surface area contributed by atoms with Crippen LogP contribution in [0.15, 0.2) is 0 Å². The highest BCUT2D eigenvalue weighted by atomic mass is 33.1. The second kappa shape index (κ2) is 51.2. The Morgan fingerprint density at radius 3 is 1.20 bits per heavy atom. The van der Waals surface area contributed by atoms with E-state index >= 15 is 0 Å². The van der Waals surface area contributed by atoms with Crippen LogP contribution in [-0.4, -0.2) is 216 Å². The quantitative estimate of drug-likeness (QED) is 0.0193. The van der Waals surface area contributed by atoms with Gasteiger partial charge in [-0.1, -0.05) is 88.8 Å². The number of carbonyl (C=O) groups excluding carboxylic acids is 5. The largest absolute Gasteiger partial charge is 0.466 e. The number of piperazine rings is 1. The van der Waals surface area contributed by atoms with Crippen LogP contribution >= 0.6 is 21.6 Å². The molecule has 1 fully saturated rings. The summed E-state index contributed by atoms with van der Waals surface area (Å²) in [4.78, 5) is 70.3. The normalized spacial score (nSPS) is 14.9. The molecule has 0 amide bonds. The number of carbonyl (C=O) groups is 5. The number of unbranched alkanes of at least 4 members (excludes halogenated alkanes) is 5. The lowest BCUT2D eigenvalue weighted by molar-refractivity contribution is -0.150. The Hall–Kier alpha value is -2.27. The molecule has 20 heteroatoms. The number of aliphatic hydroxyl groups excluding tert-OH is 4. The molecule has 0 aromatic rings. The highest BCUT2D eigenvalue weighted by molar-refractivity contribution is 8.76. The Bertz CT molecular complexity index is 1470. The van der Waals surface area contributed by atoms with Crippen molar-refractivity contribution in [3.8, 4) is 0 Å². The Morgan fingerprint density at radius 2 is 0.775 bits per heavy atom. The molecule has 18 nitrogen and oxygen atoms in total. The third kappa shape index (κ3) is 43.4. The van der Waals surface area contributed by atoms with E-state index in [-0.39, 0.29) is 74.4 Å². The van der Waals surface area contributed by atoms with E-state index in [1.807, 2.05) is 54.2 Å². The van der Waals surface area contributed by atoms with Gasteiger partial charge >= 0.3 is 29.8 Å². The second-order valence-corrected chi connectivity index (χ2v) is 24.5. The van der Waals surface area contributed by atoms with E-state index in [0.29, 0.717) is 117 Å². The van der Waals surface area contributed by atoms with E-state index in [9.17, 15) is 44.4 Å². The van der Waals surface area contributed by atoms with Crippen molar-refractivity contribution in [1.29, 1.82) is 0 Å². The standard InChI is InChI=1S/C60H114N4O14S2/c1-7-13-41-74-56(69)28-17-15-24-50(65)46-63(47-51(66)25-16-18-29-57(70)75-42-14-8-2)33-19-20-44-79-80-45-40-62-37-35-61(36-38-62)39-43-76-58(71)32-23-34-64(48-52(67)26-21-30-59(72)77-54(9-3)10-4)49-53(68)27-22-31-60(73)78-55(11-5)12-6/h50-55,65-68H,7-49H2,1-6H3. The lowest BCUT2D eigenvalue weighted by Gasteiger charge is -2.34. The van der Waals surface area contributed by atoms with Gasteiger partial charge in [0, 0.05) is 109 Å². The fourth-order valence-electron chi connectivity index (χ4n) is 9.36. The Balaban J connectivity index is 2.44. The van der Waals surface area contributed by atoms with Gasteiger partial charge in [-0.3, -0.25) is 43.6 Å². The van der Waals surface area contributed by atoms with Crippen LogP contribution < -0.4 is 0 Å². The van der Waals surface area contributed by atoms with Gasteiger partial charge in [0.25, 0.3) is 0 Å². The second-order valence-electron chi connectivity index (χ2n) is 21.8. The molecule has 1 aliphatic rings. The first kappa shape index (κ1) is 75.7. The number of ether oxygens (including phenoxy) is 5. The minimum Gasteiger partial charge on any atom is -0.466 e. The van der Waals surface area contributed by atoms with Crippen LogP contribution in [0.4, 0.5) is 0 Å². The van der Waals surface area contributed by atoms with Gasteiger partial charge in [-0.25, -0.2) is 0 Å². The summed E-state index contributed by atoms with van der Waals surface area (Å²) in [6, 6.07) is 0. The summed E-state index contributed by atoms with van der Waals surface area (Å²) >= 11 is 0. The monoisotopic (exact) mass is 1180 g/mol. The van der Waals surface area contributed by atoms with E-state index in [4.69, 9.17) is 23.7 Å². The van der Waals surface area contributed by atoms with E-state index in [2.05, 4.69) is 28.5 Å². The molecule has 4 N–H and O–H groups in total. The van der Waals surface area contributed by atoms with Crippen LogP contribution in [0.3, 0.4) is 0 Å². The summed E-state index contributed by atoms with van der Waals surface area (Å²) in [6.45, 7) is 21.5. The van der Waals surface area contributed by atoms with Crippen molar-refractivity contribution in [2.45, 2.75) is 245 Å². The maximum absolute atomic E-state index is 12.8. The molecule has 4 atom stereocenters. The van der Waals surface area contributed by atoms with Crippen molar-refractivity contribution >= 4 is 51.4 Å². The predicted octanol–water partition coefficient (Wildman–Crippen LogP) is 8.75. The fraction of sp³-hybridized carbons (Fsp3) is 0.917. The lowest BCUT2D eigenvalue weighted by Crippen LogP contribution is -2.47. The zero-order valence-corrected chi connectivity index (χ0v) is 52.5. The molecule has 0 radical (unpaired) electrons. The Morgan fingerprint density at radius 1 is 0.412 bits per heavy atom. The molecule has 0 aliphatic carbocycles. The zero-order chi connectivity index (χ0) is 59.0. The summed E-state index contributed by atoms with van der Waals surface area (Å²) in [5.74, 6) is 0.890. The van der Waals surface area contributed by atoms with Gasteiger partial charge in [-0.2, -0.15) is 0 Å². The van der Waals surface area contributed by atoms with E-state index in [1.54, 1.807) is 0 Å². The van der Waals surface area contributed by atoms with E-state index < -0.39 is 24.4 Å². The van der Waals surface area contributed by atoms with Crippen molar-refractivity contribution in [3.63, 3.8) is 0 Å². The first-order valence-electron chi connectivity index (χ1n) is 31.4. The number of hydrogen-bond acceptors (Lipinski definition) is 20. The van der Waals surface area contributed by atoms with Crippen molar-refractivity contribution in [3.05, 3.63) is 0 Å². The van der Waals surface area contributed by atoms with Crippen LogP contribution in [0, 0.1) is 0 Å². The number of esters is 5. The van der Waals surface area contributed by atoms with Gasteiger partial charge < -0.3 is 44.1 Å². The molecular weight excluding hydrogens is 1060 g/mol. The molecule has 1 heterocycles. The van der Waals surface area contributed by atoms with Crippen LogP contribution in [0.25, 0.3) is 0 Å². The third-order valence-electron chi connectivity index (χ3n) is 14.5. The topological polar surface area (TPSA) is 225 Å². The minimum absolute atomic E-state index is 0.0922. The summed E-state index contributed by atoms with van der Waals surface area (Å²) in [6.07, 6.45) is 13.6. The van der Waals surface area contributed by atoms with Crippen LogP contribution in [-0.2, 0) is 47.7 Å². The molecule has 0 bridgehead atoms. The van der Waals surface area contributed by atoms with Crippen molar-refractivity contribution in [1.82, 2.24) is 19.6 Å². The summed E-state index contributed by atoms with van der Waals surface area (Å²) in [5, 5.41) is 43.7. The molecule has 0 aromatic carbocycles. The number of aliphatic hydroxyl groups is 4. The van der Waals surface area contributed by atoms with Gasteiger partial charge in [0.1, 0.15) is 18.8 Å². The smallest absolute Gasteiger partial charge is 0.306 e. The summed E-state index contributed by atoms with van der Waals surface area (Å²) in [7, 11) is 3.78. The number of hydrogen-bond donors (Lipinski definition) is 4. The summed E-state index contributed by atoms with van der Waals surface area (Å²) < 4.78 is 27.2. The molecular formula is C60H114N4O14S2. The van der Waals surface area contributed by atoms with Crippen molar-refractivity contribution < 1.29 is 68.1 Å². The first-order chi connectivity index (χ1) is 38.6. The lowest BCUT2D eigenvalue weighted by atomic mass is 10.1. The first-order valence-corrected chi connectivity index (χ1v) is 33.8. The average Bonchev–Trinajstić information content (AvgIpc) is 3.43. The molecule has 1 rings (SSSR count). The molecule has 470 valence electrons. The average molecular weight is 1180 g/mol. The van der Waals surface area contributed by atoms with Gasteiger partial charge in [0.2, 0.25) is 0 Å². The maximum Gasteiger partial charge on any atom is 0.306 e. The SMILES string of the molecule is CCCCOC(=O)CCCCC(O)CN(CCCCSSCCN1CCN(CCOC(=O)CCCN(CC(O)CCCC(=O)OC(CC)CC)CC(O)CCCC(=O)OC(CC)CC)CC1)CC(O)CCCCC(=O)OCCCC. The van der Waals surface area contributed by atoms with E-state index in [1.165, 1.54) is 0 Å². The summed E-state index contributed by atoms with van der Waals surface area (Å²) in [5.41, 5.74) is 0. The highest BCUT2D eigenvalue weighted by Gasteiger charge is 2.22. The molecule has 0 saturated carbocycles. The van der Waals surface area contributed by atoms with Crippen LogP contribution in [0.5, 0.6) is 0 Å². The molecule has 80 heavy (non-hydrogen) atoms. The highest BCUT2D eigenvalue weighted by Crippen LogP contribution is 2.23. The molecule has 1 aliphatic heterocycles. The van der Waals surface area contributed by atoms with Gasteiger partial charge in [0.15, 0.2) is 0 Å². The van der Waals surface area contributed by atoms with Gasteiger partial charge in [-0.05, 0) is 122 Å². The van der Waals surface area contributed by atoms with Crippen LogP contribution in [0.2, 0.25) is 0 Å². The maximum atomic E-state index is 12.8. The van der Waals surface area contributed by atoms with E-state index in [0.717, 1.165) is 128 Å².